The maximum atomic E-state index is 14.6. The Morgan fingerprint density at radius 2 is 1.73 bits per heavy atom. The van der Waals surface area contributed by atoms with Crippen molar-refractivity contribution in [1.82, 2.24) is 14.7 Å². The maximum Gasteiger partial charge on any atom is 0.247 e. The lowest BCUT2D eigenvalue weighted by Gasteiger charge is -2.42. The van der Waals surface area contributed by atoms with E-state index in [0.29, 0.717) is 19.6 Å². The van der Waals surface area contributed by atoms with E-state index >= 15 is 0 Å². The molecular formula is C32H41N3O4S. The van der Waals surface area contributed by atoms with E-state index in [2.05, 4.69) is 24.3 Å². The normalized spacial score (nSPS) is 33.2. The first-order valence-electron chi connectivity index (χ1n) is 15.0. The lowest BCUT2D eigenvalue weighted by atomic mass is 9.78. The third-order valence-corrected chi connectivity index (χ3v) is 11.5. The monoisotopic (exact) mass is 563 g/mol. The van der Waals surface area contributed by atoms with Crippen LogP contribution in [0.25, 0.3) is 0 Å². The predicted octanol–water partition coefficient (Wildman–Crippen LogP) is 3.63. The second-order valence-electron chi connectivity index (χ2n) is 12.4. The Bertz CT molecular complexity index is 1200. The number of hydrogen-bond donors (Lipinski definition) is 1. The van der Waals surface area contributed by atoms with E-state index in [-0.39, 0.29) is 41.5 Å². The SMILES string of the molecule is CC(C)[C@H](CO)N1C(=O)[C@@H]2[C@H]3C(=O)N(Cc4ccccc4)CC=C[C@H]3S[C@@]23C=CCN(C2CCCCC2)C(=O)C13. The molecular weight excluding hydrogens is 522 g/mol. The number of benzene rings is 1. The highest BCUT2D eigenvalue weighted by molar-refractivity contribution is 8.02. The molecule has 4 heterocycles. The molecule has 4 aliphatic heterocycles. The predicted molar refractivity (Wildman–Crippen MR) is 156 cm³/mol. The van der Waals surface area contributed by atoms with Gasteiger partial charge in [-0.05, 0) is 24.3 Å². The van der Waals surface area contributed by atoms with Gasteiger partial charge < -0.3 is 19.8 Å². The number of aliphatic hydroxyl groups is 1. The zero-order chi connectivity index (χ0) is 28.0. The highest BCUT2D eigenvalue weighted by Gasteiger charge is 2.72. The molecule has 8 heteroatoms. The molecule has 3 amide bonds. The van der Waals surface area contributed by atoms with Gasteiger partial charge in [0.25, 0.3) is 0 Å². The Labute approximate surface area is 241 Å². The summed E-state index contributed by atoms with van der Waals surface area (Å²) in [7, 11) is 0. The van der Waals surface area contributed by atoms with Crippen LogP contribution in [0.4, 0.5) is 0 Å². The summed E-state index contributed by atoms with van der Waals surface area (Å²) < 4.78 is -0.842. The number of fused-ring (bicyclic) bond motifs is 2. The Morgan fingerprint density at radius 3 is 2.42 bits per heavy atom. The van der Waals surface area contributed by atoms with Gasteiger partial charge in [0.2, 0.25) is 17.7 Å². The van der Waals surface area contributed by atoms with E-state index in [1.54, 1.807) is 16.7 Å². The number of likely N-dealkylation sites (tertiary alicyclic amines) is 1. The van der Waals surface area contributed by atoms with Gasteiger partial charge in [-0.25, -0.2) is 0 Å². The number of carbonyl (C=O) groups is 3. The summed E-state index contributed by atoms with van der Waals surface area (Å²) in [5.41, 5.74) is 1.05. The molecule has 1 N–H and O–H groups in total. The molecule has 0 bridgehead atoms. The molecule has 1 aliphatic carbocycles. The summed E-state index contributed by atoms with van der Waals surface area (Å²) in [6.07, 6.45) is 13.7. The van der Waals surface area contributed by atoms with Gasteiger partial charge in [0.1, 0.15) is 6.04 Å². The van der Waals surface area contributed by atoms with Gasteiger partial charge in [-0.1, -0.05) is 87.7 Å². The fraction of sp³-hybridized carbons (Fsp3) is 0.594. The number of aliphatic hydroxyl groups excluding tert-OH is 1. The van der Waals surface area contributed by atoms with E-state index in [1.807, 2.05) is 54.0 Å². The minimum Gasteiger partial charge on any atom is -0.394 e. The maximum absolute atomic E-state index is 14.6. The number of hydrogen-bond acceptors (Lipinski definition) is 5. The van der Waals surface area contributed by atoms with Crippen molar-refractivity contribution >= 4 is 29.5 Å². The second kappa shape index (κ2) is 11.0. The van der Waals surface area contributed by atoms with Gasteiger partial charge in [0.05, 0.1) is 29.2 Å². The molecule has 7 nitrogen and oxygen atoms in total. The standard InChI is InChI=1S/C32H41N3O4S/c1-21(2)24(20-36)35-28-31(39)34(23-13-7-4-8-14-23)18-10-16-32(28)27(30(35)38)26-25(40-32)15-9-17-33(29(26)37)19-22-11-5-3-6-12-22/h3,5-6,9-12,15-16,21,23-28,36H,4,7-8,13-14,17-20H2,1-2H3/t24-,25+,26-,27-,28?,32-/m0/s1. The first kappa shape index (κ1) is 27.6. The van der Waals surface area contributed by atoms with Gasteiger partial charge in [-0.15, -0.1) is 11.8 Å². The third kappa shape index (κ3) is 4.42. The van der Waals surface area contributed by atoms with Crippen molar-refractivity contribution in [3.63, 3.8) is 0 Å². The zero-order valence-electron chi connectivity index (χ0n) is 23.5. The summed E-state index contributed by atoms with van der Waals surface area (Å²) in [5.74, 6) is -1.45. The summed E-state index contributed by atoms with van der Waals surface area (Å²) in [6.45, 7) is 5.27. The molecule has 3 fully saturated rings. The van der Waals surface area contributed by atoms with Crippen LogP contribution in [0.2, 0.25) is 0 Å². The van der Waals surface area contributed by atoms with E-state index in [0.717, 1.165) is 31.2 Å². The smallest absolute Gasteiger partial charge is 0.247 e. The van der Waals surface area contributed by atoms with Crippen LogP contribution in [0.1, 0.15) is 51.5 Å². The molecule has 0 aromatic heterocycles. The molecule has 6 rings (SSSR count). The summed E-state index contributed by atoms with van der Waals surface area (Å²) >= 11 is 1.62. The van der Waals surface area contributed by atoms with E-state index in [4.69, 9.17) is 0 Å². The molecule has 214 valence electrons. The summed E-state index contributed by atoms with van der Waals surface area (Å²) in [6, 6.07) is 8.90. The van der Waals surface area contributed by atoms with Crippen LogP contribution in [0, 0.1) is 17.8 Å². The van der Waals surface area contributed by atoms with Gasteiger partial charge in [0.15, 0.2) is 0 Å². The summed E-state index contributed by atoms with van der Waals surface area (Å²) in [5, 5.41) is 10.3. The van der Waals surface area contributed by atoms with Crippen LogP contribution in [-0.4, -0.2) is 85.3 Å². The lowest BCUT2D eigenvalue weighted by Crippen LogP contribution is -2.59. The van der Waals surface area contributed by atoms with Crippen molar-refractivity contribution in [3.05, 3.63) is 60.2 Å². The van der Waals surface area contributed by atoms with Crippen LogP contribution < -0.4 is 0 Å². The quantitative estimate of drug-likeness (QED) is 0.535. The van der Waals surface area contributed by atoms with E-state index < -0.39 is 28.7 Å². The van der Waals surface area contributed by atoms with Gasteiger partial charge in [-0.3, -0.25) is 14.4 Å². The fourth-order valence-corrected chi connectivity index (χ4v) is 9.78. The number of amides is 3. The van der Waals surface area contributed by atoms with Crippen LogP contribution in [0.5, 0.6) is 0 Å². The van der Waals surface area contributed by atoms with Crippen molar-refractivity contribution in [2.75, 3.05) is 19.7 Å². The average molecular weight is 564 g/mol. The molecule has 1 spiro atoms. The van der Waals surface area contributed by atoms with Gasteiger partial charge >= 0.3 is 0 Å². The molecule has 1 unspecified atom stereocenters. The molecule has 6 atom stereocenters. The lowest BCUT2D eigenvalue weighted by molar-refractivity contribution is -0.148. The molecule has 2 saturated heterocycles. The molecule has 40 heavy (non-hydrogen) atoms. The zero-order valence-corrected chi connectivity index (χ0v) is 24.3. The third-order valence-electron chi connectivity index (χ3n) is 9.76. The van der Waals surface area contributed by atoms with Crippen molar-refractivity contribution in [3.8, 4) is 0 Å². The first-order valence-corrected chi connectivity index (χ1v) is 15.8. The average Bonchev–Trinajstić information content (AvgIpc) is 3.27. The highest BCUT2D eigenvalue weighted by atomic mass is 32.2. The van der Waals surface area contributed by atoms with Crippen molar-refractivity contribution in [2.24, 2.45) is 17.8 Å². The van der Waals surface area contributed by atoms with Crippen molar-refractivity contribution in [1.29, 1.82) is 0 Å². The Kier molecular flexibility index (Phi) is 7.59. The fourth-order valence-electron chi connectivity index (χ4n) is 7.79. The second-order valence-corrected chi connectivity index (χ2v) is 13.9. The highest BCUT2D eigenvalue weighted by Crippen LogP contribution is 2.61. The van der Waals surface area contributed by atoms with E-state index in [1.165, 1.54) is 6.42 Å². The Morgan fingerprint density at radius 1 is 0.975 bits per heavy atom. The number of carbonyl (C=O) groups excluding carboxylic acids is 3. The van der Waals surface area contributed by atoms with Crippen LogP contribution in [0.3, 0.4) is 0 Å². The topological polar surface area (TPSA) is 81.2 Å². The molecule has 1 aromatic carbocycles. The number of nitrogens with zero attached hydrogens (tertiary/aromatic N) is 3. The minimum atomic E-state index is -0.842. The van der Waals surface area contributed by atoms with E-state index in [9.17, 15) is 19.5 Å². The van der Waals surface area contributed by atoms with Crippen LogP contribution in [0.15, 0.2) is 54.6 Å². The number of thioether (sulfide) groups is 1. The van der Waals surface area contributed by atoms with Crippen LogP contribution >= 0.6 is 11.8 Å². The Balaban J connectivity index is 1.41. The minimum absolute atomic E-state index is 0.0200. The summed E-state index contributed by atoms with van der Waals surface area (Å²) in [4.78, 5) is 49.0. The van der Waals surface area contributed by atoms with Crippen molar-refractivity contribution < 1.29 is 19.5 Å². The number of rotatable bonds is 6. The Hall–Kier alpha value is -2.58. The van der Waals surface area contributed by atoms with Gasteiger partial charge in [0, 0.05) is 30.9 Å². The van der Waals surface area contributed by atoms with Gasteiger partial charge in [-0.2, -0.15) is 0 Å². The molecule has 1 saturated carbocycles. The molecule has 0 radical (unpaired) electrons. The molecule has 1 aromatic rings. The largest absolute Gasteiger partial charge is 0.394 e. The molecule has 5 aliphatic rings. The first-order chi connectivity index (χ1) is 19.4. The van der Waals surface area contributed by atoms with Crippen LogP contribution in [-0.2, 0) is 20.9 Å². The van der Waals surface area contributed by atoms with Crippen molar-refractivity contribution in [2.45, 2.75) is 80.6 Å².